The third-order valence-corrected chi connectivity index (χ3v) is 2.60. The van der Waals surface area contributed by atoms with Crippen LogP contribution in [-0.2, 0) is 0 Å². The van der Waals surface area contributed by atoms with Gasteiger partial charge in [-0.25, -0.2) is 4.98 Å². The SMILES string of the molecule is Nc1ncccc1Nc1cc(Cl)ccc1Cl. The number of rotatable bonds is 2. The maximum atomic E-state index is 6.02. The number of nitrogen functional groups attached to an aromatic ring is 1. The van der Waals surface area contributed by atoms with Gasteiger partial charge in [0.25, 0.3) is 0 Å². The Balaban J connectivity index is 2.34. The molecule has 1 heterocycles. The summed E-state index contributed by atoms with van der Waals surface area (Å²) < 4.78 is 0. The molecular formula is C11H9Cl2N3. The van der Waals surface area contributed by atoms with Crippen LogP contribution in [0.4, 0.5) is 17.2 Å². The lowest BCUT2D eigenvalue weighted by Crippen LogP contribution is -1.98. The number of benzene rings is 1. The standard InChI is InChI=1S/C11H9Cl2N3/c12-7-3-4-8(13)10(6-7)16-9-2-1-5-15-11(9)14/h1-6,16H,(H2,14,15). The molecule has 0 saturated carbocycles. The molecule has 2 aromatic rings. The molecule has 3 nitrogen and oxygen atoms in total. The summed E-state index contributed by atoms with van der Waals surface area (Å²) in [7, 11) is 0. The zero-order valence-corrected chi connectivity index (χ0v) is 9.76. The maximum absolute atomic E-state index is 6.02. The first kappa shape index (κ1) is 11.0. The van der Waals surface area contributed by atoms with Gasteiger partial charge in [-0.2, -0.15) is 0 Å². The zero-order valence-electron chi connectivity index (χ0n) is 8.24. The van der Waals surface area contributed by atoms with Gasteiger partial charge >= 0.3 is 0 Å². The van der Waals surface area contributed by atoms with Crippen molar-refractivity contribution in [3.05, 3.63) is 46.6 Å². The van der Waals surface area contributed by atoms with Crippen molar-refractivity contribution in [2.75, 3.05) is 11.1 Å². The van der Waals surface area contributed by atoms with E-state index >= 15 is 0 Å². The minimum Gasteiger partial charge on any atom is -0.382 e. The highest BCUT2D eigenvalue weighted by Gasteiger charge is 2.04. The number of anilines is 3. The topological polar surface area (TPSA) is 50.9 Å². The van der Waals surface area contributed by atoms with Crippen LogP contribution in [0.5, 0.6) is 0 Å². The van der Waals surface area contributed by atoms with Gasteiger partial charge in [-0.15, -0.1) is 0 Å². The van der Waals surface area contributed by atoms with Gasteiger partial charge in [0.15, 0.2) is 0 Å². The molecule has 0 aliphatic carbocycles. The predicted octanol–water partition coefficient (Wildman–Crippen LogP) is 3.71. The van der Waals surface area contributed by atoms with Crippen molar-refractivity contribution in [3.63, 3.8) is 0 Å². The fourth-order valence-corrected chi connectivity index (χ4v) is 1.60. The third kappa shape index (κ3) is 2.38. The van der Waals surface area contributed by atoms with Gasteiger partial charge in [-0.3, -0.25) is 0 Å². The molecule has 0 fully saturated rings. The Hall–Kier alpha value is -1.45. The fraction of sp³-hybridized carbons (Fsp3) is 0. The van der Waals surface area contributed by atoms with Crippen molar-refractivity contribution >= 4 is 40.4 Å². The normalized spacial score (nSPS) is 10.1. The Morgan fingerprint density at radius 2 is 1.94 bits per heavy atom. The van der Waals surface area contributed by atoms with Gasteiger partial charge in [0.1, 0.15) is 5.82 Å². The molecule has 82 valence electrons. The van der Waals surface area contributed by atoms with Crippen LogP contribution in [0.15, 0.2) is 36.5 Å². The molecule has 0 bridgehead atoms. The van der Waals surface area contributed by atoms with E-state index in [0.29, 0.717) is 27.2 Å². The lowest BCUT2D eigenvalue weighted by Gasteiger charge is -2.10. The summed E-state index contributed by atoms with van der Waals surface area (Å²) in [6.07, 6.45) is 1.63. The number of pyridine rings is 1. The van der Waals surface area contributed by atoms with E-state index < -0.39 is 0 Å². The molecular weight excluding hydrogens is 245 g/mol. The van der Waals surface area contributed by atoms with Crippen LogP contribution in [0.3, 0.4) is 0 Å². The Morgan fingerprint density at radius 3 is 2.69 bits per heavy atom. The van der Waals surface area contributed by atoms with Gasteiger partial charge in [-0.05, 0) is 30.3 Å². The minimum atomic E-state index is 0.415. The Bertz CT molecular complexity index is 514. The van der Waals surface area contributed by atoms with E-state index in [2.05, 4.69) is 10.3 Å². The zero-order chi connectivity index (χ0) is 11.5. The highest BCUT2D eigenvalue weighted by molar-refractivity contribution is 6.35. The second-order valence-corrected chi connectivity index (χ2v) is 4.03. The molecule has 0 unspecified atom stereocenters. The number of hydrogen-bond donors (Lipinski definition) is 2. The van der Waals surface area contributed by atoms with E-state index in [0.717, 1.165) is 0 Å². The predicted molar refractivity (Wildman–Crippen MR) is 68.4 cm³/mol. The van der Waals surface area contributed by atoms with E-state index in [9.17, 15) is 0 Å². The quantitative estimate of drug-likeness (QED) is 0.858. The molecule has 0 spiro atoms. The van der Waals surface area contributed by atoms with Gasteiger partial charge in [0.2, 0.25) is 0 Å². The average Bonchev–Trinajstić information content (AvgIpc) is 2.27. The van der Waals surface area contributed by atoms with Gasteiger partial charge in [-0.1, -0.05) is 23.2 Å². The number of nitrogens with zero attached hydrogens (tertiary/aromatic N) is 1. The second-order valence-electron chi connectivity index (χ2n) is 3.19. The van der Waals surface area contributed by atoms with Crippen molar-refractivity contribution in [2.24, 2.45) is 0 Å². The summed E-state index contributed by atoms with van der Waals surface area (Å²) in [4.78, 5) is 3.97. The first-order chi connectivity index (χ1) is 7.66. The van der Waals surface area contributed by atoms with Crippen molar-refractivity contribution in [1.82, 2.24) is 4.98 Å². The molecule has 0 aliphatic rings. The first-order valence-corrected chi connectivity index (χ1v) is 5.35. The van der Waals surface area contributed by atoms with E-state index in [1.165, 1.54) is 0 Å². The lowest BCUT2D eigenvalue weighted by molar-refractivity contribution is 1.33. The molecule has 0 aliphatic heterocycles. The number of nitrogens with one attached hydrogen (secondary N) is 1. The van der Waals surface area contributed by atoms with E-state index in [4.69, 9.17) is 28.9 Å². The number of halogens is 2. The van der Waals surface area contributed by atoms with Crippen molar-refractivity contribution in [3.8, 4) is 0 Å². The van der Waals surface area contributed by atoms with Crippen molar-refractivity contribution in [1.29, 1.82) is 0 Å². The monoisotopic (exact) mass is 253 g/mol. The summed E-state index contributed by atoms with van der Waals surface area (Å²) in [6.45, 7) is 0. The summed E-state index contributed by atoms with van der Waals surface area (Å²) in [5, 5.41) is 4.26. The Labute approximate surface area is 103 Å². The van der Waals surface area contributed by atoms with E-state index in [1.807, 2.05) is 6.07 Å². The molecule has 3 N–H and O–H groups in total. The molecule has 1 aromatic heterocycles. The molecule has 0 saturated heterocycles. The van der Waals surface area contributed by atoms with Crippen LogP contribution in [0, 0.1) is 0 Å². The van der Waals surface area contributed by atoms with Crippen LogP contribution in [0.25, 0.3) is 0 Å². The van der Waals surface area contributed by atoms with Crippen LogP contribution < -0.4 is 11.1 Å². The first-order valence-electron chi connectivity index (χ1n) is 4.59. The minimum absolute atomic E-state index is 0.415. The molecule has 2 rings (SSSR count). The second kappa shape index (κ2) is 4.60. The highest BCUT2D eigenvalue weighted by Crippen LogP contribution is 2.29. The van der Waals surface area contributed by atoms with E-state index in [1.54, 1.807) is 30.5 Å². The maximum Gasteiger partial charge on any atom is 0.147 e. The van der Waals surface area contributed by atoms with Gasteiger partial charge in [0, 0.05) is 11.2 Å². The van der Waals surface area contributed by atoms with Gasteiger partial charge < -0.3 is 11.1 Å². The van der Waals surface area contributed by atoms with Crippen LogP contribution in [-0.4, -0.2) is 4.98 Å². The van der Waals surface area contributed by atoms with E-state index in [-0.39, 0.29) is 0 Å². The fourth-order valence-electron chi connectivity index (χ4n) is 1.26. The van der Waals surface area contributed by atoms with Crippen molar-refractivity contribution in [2.45, 2.75) is 0 Å². The molecule has 1 aromatic carbocycles. The molecule has 0 radical (unpaired) electrons. The summed E-state index contributed by atoms with van der Waals surface area (Å²) in [5.41, 5.74) is 7.11. The lowest BCUT2D eigenvalue weighted by atomic mass is 10.3. The molecule has 0 atom stereocenters. The third-order valence-electron chi connectivity index (χ3n) is 2.04. The number of hydrogen-bond acceptors (Lipinski definition) is 3. The molecule has 5 heteroatoms. The summed E-state index contributed by atoms with van der Waals surface area (Å²) >= 11 is 11.9. The average molecular weight is 254 g/mol. The smallest absolute Gasteiger partial charge is 0.147 e. The Kier molecular flexibility index (Phi) is 3.17. The molecule has 16 heavy (non-hydrogen) atoms. The summed E-state index contributed by atoms with van der Waals surface area (Å²) in [5.74, 6) is 0.415. The number of aromatic nitrogens is 1. The van der Waals surface area contributed by atoms with Crippen LogP contribution in [0.2, 0.25) is 10.0 Å². The number of nitrogens with two attached hydrogens (primary N) is 1. The largest absolute Gasteiger partial charge is 0.382 e. The van der Waals surface area contributed by atoms with Crippen molar-refractivity contribution < 1.29 is 0 Å². The summed E-state index contributed by atoms with van der Waals surface area (Å²) in [6, 6.07) is 8.79. The highest BCUT2D eigenvalue weighted by atomic mass is 35.5. The van der Waals surface area contributed by atoms with Crippen LogP contribution >= 0.6 is 23.2 Å². The molecule has 0 amide bonds. The van der Waals surface area contributed by atoms with Crippen LogP contribution in [0.1, 0.15) is 0 Å². The Morgan fingerprint density at radius 1 is 1.12 bits per heavy atom. The van der Waals surface area contributed by atoms with Gasteiger partial charge in [0.05, 0.1) is 16.4 Å².